The van der Waals surface area contributed by atoms with E-state index in [1.165, 1.54) is 0 Å². The average Bonchev–Trinajstić information content (AvgIpc) is 2.88. The van der Waals surface area contributed by atoms with E-state index in [4.69, 9.17) is 14.7 Å². The molecule has 2 atom stereocenters. The fourth-order valence-corrected chi connectivity index (χ4v) is 4.18. The van der Waals surface area contributed by atoms with Crippen molar-refractivity contribution in [3.63, 3.8) is 0 Å². The van der Waals surface area contributed by atoms with Crippen molar-refractivity contribution >= 4 is 28.7 Å². The van der Waals surface area contributed by atoms with Crippen molar-refractivity contribution in [1.29, 1.82) is 5.26 Å². The summed E-state index contributed by atoms with van der Waals surface area (Å²) in [6, 6.07) is 19.0. The second-order valence-electron chi connectivity index (χ2n) is 8.22. The van der Waals surface area contributed by atoms with Gasteiger partial charge in [0.1, 0.15) is 5.69 Å². The standard InChI is InChI=1S/C26H27N5O3/c1-2-34-26(33)19-11-8-14-31(17-19)24-23(29-21-12-6-7-13-22(21)30-24)20(15-27)25(32)28-16-18-9-4-3-5-10-18/h3-7,9-10,12-13,19-20H,2,8,11,14,16-17H2,1H3,(H,28,32)/t19-,20-/m0/s1. The van der Waals surface area contributed by atoms with Gasteiger partial charge >= 0.3 is 5.97 Å². The van der Waals surface area contributed by atoms with Crippen molar-refractivity contribution in [1.82, 2.24) is 15.3 Å². The molecule has 1 fully saturated rings. The number of amides is 1. The molecular weight excluding hydrogens is 430 g/mol. The molecule has 0 aliphatic carbocycles. The summed E-state index contributed by atoms with van der Waals surface area (Å²) in [5.74, 6) is -1.63. The van der Waals surface area contributed by atoms with Gasteiger partial charge < -0.3 is 15.0 Å². The van der Waals surface area contributed by atoms with Crippen LogP contribution in [0.3, 0.4) is 0 Å². The van der Waals surface area contributed by atoms with Gasteiger partial charge in [-0.1, -0.05) is 42.5 Å². The number of hydrogen-bond acceptors (Lipinski definition) is 7. The Morgan fingerprint density at radius 2 is 1.85 bits per heavy atom. The lowest BCUT2D eigenvalue weighted by Gasteiger charge is -2.33. The second kappa shape index (κ2) is 10.8. The molecular formula is C26H27N5O3. The highest BCUT2D eigenvalue weighted by molar-refractivity contribution is 5.89. The van der Waals surface area contributed by atoms with Gasteiger partial charge in [0.2, 0.25) is 5.91 Å². The van der Waals surface area contributed by atoms with Crippen molar-refractivity contribution in [2.45, 2.75) is 32.2 Å². The molecule has 0 spiro atoms. The summed E-state index contributed by atoms with van der Waals surface area (Å²) < 4.78 is 5.23. The number of para-hydroxylation sites is 2. The van der Waals surface area contributed by atoms with E-state index in [2.05, 4.69) is 11.4 Å². The van der Waals surface area contributed by atoms with Crippen LogP contribution in [0.4, 0.5) is 5.82 Å². The fourth-order valence-electron chi connectivity index (χ4n) is 4.18. The predicted molar refractivity (Wildman–Crippen MR) is 128 cm³/mol. The summed E-state index contributed by atoms with van der Waals surface area (Å²) in [4.78, 5) is 36.9. The molecule has 1 aromatic heterocycles. The summed E-state index contributed by atoms with van der Waals surface area (Å²) in [6.07, 6.45) is 1.50. The first kappa shape index (κ1) is 23.2. The number of nitrogens with zero attached hydrogens (tertiary/aromatic N) is 4. The normalized spacial score (nSPS) is 16.5. The number of aromatic nitrogens is 2. The zero-order valence-electron chi connectivity index (χ0n) is 19.1. The van der Waals surface area contributed by atoms with Gasteiger partial charge in [-0.15, -0.1) is 0 Å². The molecule has 1 N–H and O–H groups in total. The van der Waals surface area contributed by atoms with Gasteiger partial charge in [0.05, 0.1) is 29.6 Å². The molecule has 1 aliphatic heterocycles. The van der Waals surface area contributed by atoms with E-state index in [-0.39, 0.29) is 11.9 Å². The summed E-state index contributed by atoms with van der Waals surface area (Å²) >= 11 is 0. The van der Waals surface area contributed by atoms with Crippen molar-refractivity contribution in [3.8, 4) is 6.07 Å². The number of carbonyl (C=O) groups is 2. The minimum absolute atomic E-state index is 0.236. The number of nitrogens with one attached hydrogen (secondary N) is 1. The second-order valence-corrected chi connectivity index (χ2v) is 8.22. The maximum absolute atomic E-state index is 13.1. The third-order valence-electron chi connectivity index (χ3n) is 5.89. The molecule has 34 heavy (non-hydrogen) atoms. The van der Waals surface area contributed by atoms with Gasteiger partial charge in [-0.05, 0) is 37.5 Å². The molecule has 8 heteroatoms. The average molecular weight is 458 g/mol. The summed E-state index contributed by atoms with van der Waals surface area (Å²) in [7, 11) is 0. The molecule has 0 radical (unpaired) electrons. The van der Waals surface area contributed by atoms with Crippen molar-refractivity contribution in [2.24, 2.45) is 5.92 Å². The molecule has 1 amide bonds. The third-order valence-corrected chi connectivity index (χ3v) is 5.89. The summed E-state index contributed by atoms with van der Waals surface area (Å²) in [5.41, 5.74) is 2.51. The molecule has 174 valence electrons. The molecule has 1 aliphatic rings. The van der Waals surface area contributed by atoms with E-state index in [0.29, 0.717) is 48.8 Å². The highest BCUT2D eigenvalue weighted by Gasteiger charge is 2.33. The van der Waals surface area contributed by atoms with E-state index >= 15 is 0 Å². The molecule has 8 nitrogen and oxygen atoms in total. The summed E-state index contributed by atoms with van der Waals surface area (Å²) in [6.45, 7) is 3.48. The van der Waals surface area contributed by atoms with E-state index < -0.39 is 11.8 Å². The van der Waals surface area contributed by atoms with Gasteiger partial charge in [-0.3, -0.25) is 9.59 Å². The number of piperidine rings is 1. The largest absolute Gasteiger partial charge is 0.466 e. The third kappa shape index (κ3) is 5.15. The van der Waals surface area contributed by atoms with Crippen LogP contribution in [0.1, 0.15) is 36.9 Å². The number of hydrogen-bond donors (Lipinski definition) is 1. The first-order chi connectivity index (χ1) is 16.6. The Morgan fingerprint density at radius 3 is 2.56 bits per heavy atom. The Kier molecular flexibility index (Phi) is 7.33. The number of nitriles is 1. The molecule has 0 bridgehead atoms. The fraction of sp³-hybridized carbons (Fsp3) is 0.346. The Morgan fingerprint density at radius 1 is 1.15 bits per heavy atom. The zero-order chi connectivity index (χ0) is 23.9. The van der Waals surface area contributed by atoms with Gasteiger partial charge in [-0.25, -0.2) is 9.97 Å². The monoisotopic (exact) mass is 457 g/mol. The van der Waals surface area contributed by atoms with Crippen molar-refractivity contribution in [3.05, 3.63) is 65.9 Å². The smallest absolute Gasteiger partial charge is 0.310 e. The number of benzene rings is 2. The van der Waals surface area contributed by atoms with Crippen molar-refractivity contribution < 1.29 is 14.3 Å². The van der Waals surface area contributed by atoms with Crippen LogP contribution in [0.15, 0.2) is 54.6 Å². The van der Waals surface area contributed by atoms with Gasteiger partial charge in [0, 0.05) is 19.6 Å². The maximum atomic E-state index is 13.1. The van der Waals surface area contributed by atoms with Gasteiger partial charge in [0.15, 0.2) is 11.7 Å². The van der Waals surface area contributed by atoms with E-state index in [0.717, 1.165) is 18.4 Å². The van der Waals surface area contributed by atoms with Crippen LogP contribution in [0.25, 0.3) is 11.0 Å². The first-order valence-corrected chi connectivity index (χ1v) is 11.5. The molecule has 4 rings (SSSR count). The van der Waals surface area contributed by atoms with Crippen LogP contribution in [0.2, 0.25) is 0 Å². The molecule has 1 saturated heterocycles. The summed E-state index contributed by atoms with van der Waals surface area (Å²) in [5, 5.41) is 12.8. The lowest BCUT2D eigenvalue weighted by Crippen LogP contribution is -2.41. The van der Waals surface area contributed by atoms with E-state index in [1.54, 1.807) is 6.92 Å². The lowest BCUT2D eigenvalue weighted by atomic mass is 9.97. The van der Waals surface area contributed by atoms with Crippen LogP contribution in [0, 0.1) is 17.2 Å². The predicted octanol–water partition coefficient (Wildman–Crippen LogP) is 3.33. The number of fused-ring (bicyclic) bond motifs is 1. The highest BCUT2D eigenvalue weighted by Crippen LogP contribution is 2.31. The number of anilines is 1. The van der Waals surface area contributed by atoms with Crippen LogP contribution in [-0.4, -0.2) is 41.5 Å². The Labute approximate surface area is 198 Å². The van der Waals surface area contributed by atoms with E-state index in [9.17, 15) is 14.9 Å². The SMILES string of the molecule is CCOC(=O)[C@H]1CCCN(c2nc3ccccc3nc2[C@H](C#N)C(=O)NCc2ccccc2)C1. The quantitative estimate of drug-likeness (QED) is 0.542. The molecule has 3 aromatic rings. The van der Waals surface area contributed by atoms with Gasteiger partial charge in [0.25, 0.3) is 0 Å². The number of ether oxygens (including phenoxy) is 1. The minimum Gasteiger partial charge on any atom is -0.466 e. The molecule has 2 aromatic carbocycles. The Hall–Kier alpha value is -3.99. The zero-order valence-corrected chi connectivity index (χ0v) is 19.1. The Balaban J connectivity index is 1.66. The van der Waals surface area contributed by atoms with Crippen LogP contribution in [-0.2, 0) is 20.9 Å². The number of rotatable bonds is 7. The van der Waals surface area contributed by atoms with E-state index in [1.807, 2.05) is 59.5 Å². The topological polar surface area (TPSA) is 108 Å². The lowest BCUT2D eigenvalue weighted by molar-refractivity contribution is -0.148. The van der Waals surface area contributed by atoms with Crippen LogP contribution >= 0.6 is 0 Å². The minimum atomic E-state index is -1.14. The molecule has 0 unspecified atom stereocenters. The molecule has 0 saturated carbocycles. The Bertz CT molecular complexity index is 1210. The van der Waals surface area contributed by atoms with Crippen LogP contribution in [0.5, 0.6) is 0 Å². The number of esters is 1. The van der Waals surface area contributed by atoms with Gasteiger partial charge in [-0.2, -0.15) is 5.26 Å². The van der Waals surface area contributed by atoms with Crippen LogP contribution < -0.4 is 10.2 Å². The maximum Gasteiger partial charge on any atom is 0.310 e. The number of carbonyl (C=O) groups excluding carboxylic acids is 2. The first-order valence-electron chi connectivity index (χ1n) is 11.5. The highest BCUT2D eigenvalue weighted by atomic mass is 16.5. The molecule has 2 heterocycles. The van der Waals surface area contributed by atoms with Crippen molar-refractivity contribution in [2.75, 3.05) is 24.6 Å².